The third-order valence-corrected chi connectivity index (χ3v) is 3.64. The summed E-state index contributed by atoms with van der Waals surface area (Å²) in [4.78, 5) is 24.0. The van der Waals surface area contributed by atoms with Crippen LogP contribution in [0.5, 0.6) is 17.2 Å². The van der Waals surface area contributed by atoms with Crippen LogP contribution in [-0.4, -0.2) is 28.9 Å². The van der Waals surface area contributed by atoms with Gasteiger partial charge in [-0.05, 0) is 50.6 Å². The Bertz CT molecular complexity index is 845. The molecule has 0 radical (unpaired) electrons. The van der Waals surface area contributed by atoms with E-state index in [1.807, 2.05) is 19.9 Å². The predicted octanol–water partition coefficient (Wildman–Crippen LogP) is 3.79. The molecule has 2 rings (SSSR count). The monoisotopic (exact) mass is 340 g/mol. The van der Waals surface area contributed by atoms with Crippen LogP contribution >= 0.6 is 0 Å². The summed E-state index contributed by atoms with van der Waals surface area (Å²) in [7, 11) is 0. The van der Waals surface area contributed by atoms with Gasteiger partial charge in [0.1, 0.15) is 12.4 Å². The summed E-state index contributed by atoms with van der Waals surface area (Å²) in [5.41, 5.74) is 1.72. The van der Waals surface area contributed by atoms with Crippen molar-refractivity contribution in [2.45, 2.75) is 20.8 Å². The van der Waals surface area contributed by atoms with Crippen molar-refractivity contribution < 1.29 is 24.5 Å². The summed E-state index contributed by atoms with van der Waals surface area (Å²) in [5, 5.41) is 20.2. The largest absolute Gasteiger partial charge is 0.507 e. The van der Waals surface area contributed by atoms with Crippen LogP contribution in [0.2, 0.25) is 0 Å². The highest BCUT2D eigenvalue weighted by atomic mass is 16.5. The molecule has 0 atom stereocenters. The van der Waals surface area contributed by atoms with Gasteiger partial charge in [-0.3, -0.25) is 9.59 Å². The molecule has 0 amide bonds. The molecule has 130 valence electrons. The summed E-state index contributed by atoms with van der Waals surface area (Å²) in [6.45, 7) is 5.89. The molecular weight excluding hydrogens is 320 g/mol. The molecule has 0 aliphatic carbocycles. The van der Waals surface area contributed by atoms with E-state index in [2.05, 4.69) is 0 Å². The van der Waals surface area contributed by atoms with Crippen molar-refractivity contribution in [3.63, 3.8) is 0 Å². The first-order valence-electron chi connectivity index (χ1n) is 7.76. The molecule has 0 fully saturated rings. The van der Waals surface area contributed by atoms with Gasteiger partial charge in [-0.2, -0.15) is 0 Å². The Morgan fingerprint density at radius 3 is 2.52 bits per heavy atom. The molecular formula is C20H20O5. The zero-order valence-corrected chi connectivity index (χ0v) is 14.4. The average molecular weight is 340 g/mol. The van der Waals surface area contributed by atoms with E-state index in [-0.39, 0.29) is 40.5 Å². The van der Waals surface area contributed by atoms with Crippen molar-refractivity contribution in [1.29, 1.82) is 0 Å². The smallest absolute Gasteiger partial charge is 0.197 e. The molecule has 2 aromatic carbocycles. The Morgan fingerprint density at radius 1 is 1.16 bits per heavy atom. The minimum absolute atomic E-state index is 0.0147. The Hall–Kier alpha value is -3.08. The maximum Gasteiger partial charge on any atom is 0.197 e. The second-order valence-corrected chi connectivity index (χ2v) is 5.94. The first-order valence-corrected chi connectivity index (χ1v) is 7.76. The first-order chi connectivity index (χ1) is 11.8. The number of ether oxygens (including phenoxy) is 1. The second-order valence-electron chi connectivity index (χ2n) is 5.94. The van der Waals surface area contributed by atoms with Gasteiger partial charge in [-0.15, -0.1) is 0 Å². The number of carbonyl (C=O) groups excluding carboxylic acids is 2. The van der Waals surface area contributed by atoms with Gasteiger partial charge < -0.3 is 14.9 Å². The number of allylic oxidation sites excluding steroid dienone is 1. The van der Waals surface area contributed by atoms with Gasteiger partial charge >= 0.3 is 0 Å². The molecule has 0 aromatic heterocycles. The first kappa shape index (κ1) is 18.3. The van der Waals surface area contributed by atoms with Crippen LogP contribution in [0.3, 0.4) is 0 Å². The fourth-order valence-corrected chi connectivity index (χ4v) is 2.35. The number of hydrogen-bond donors (Lipinski definition) is 2. The Balaban J connectivity index is 2.47. The standard InChI is InChI=1S/C20H20O5/c1-12(2)7-8-25-18-10-13(3)9-15(20(18)24)19(23)14-5-4-6-17(22)16(14)11-21/h4-7,9-11,22,24H,8H2,1-3H3. The van der Waals surface area contributed by atoms with Crippen LogP contribution in [0.15, 0.2) is 42.0 Å². The second kappa shape index (κ2) is 7.66. The van der Waals surface area contributed by atoms with Crippen molar-refractivity contribution in [2.24, 2.45) is 0 Å². The van der Waals surface area contributed by atoms with Gasteiger partial charge in [0, 0.05) is 5.56 Å². The lowest BCUT2D eigenvalue weighted by Gasteiger charge is -2.12. The van der Waals surface area contributed by atoms with Gasteiger partial charge in [0.2, 0.25) is 0 Å². The minimum Gasteiger partial charge on any atom is -0.507 e. The van der Waals surface area contributed by atoms with E-state index in [1.165, 1.54) is 24.3 Å². The normalized spacial score (nSPS) is 10.2. The molecule has 2 N–H and O–H groups in total. The fourth-order valence-electron chi connectivity index (χ4n) is 2.35. The van der Waals surface area contributed by atoms with Crippen LogP contribution in [0.25, 0.3) is 0 Å². The SMILES string of the molecule is CC(C)=CCOc1cc(C)cc(C(=O)c2cccc(O)c2C=O)c1O. The van der Waals surface area contributed by atoms with E-state index in [0.717, 1.165) is 11.1 Å². The summed E-state index contributed by atoms with van der Waals surface area (Å²) >= 11 is 0. The minimum atomic E-state index is -0.564. The molecule has 0 aliphatic heterocycles. The van der Waals surface area contributed by atoms with Gasteiger partial charge in [-0.1, -0.05) is 17.7 Å². The summed E-state index contributed by atoms with van der Waals surface area (Å²) in [5.74, 6) is -0.953. The van der Waals surface area contributed by atoms with Crippen molar-refractivity contribution in [3.05, 3.63) is 64.2 Å². The lowest BCUT2D eigenvalue weighted by atomic mass is 9.96. The molecule has 25 heavy (non-hydrogen) atoms. The Kier molecular flexibility index (Phi) is 5.60. The van der Waals surface area contributed by atoms with E-state index in [9.17, 15) is 19.8 Å². The molecule has 5 heteroatoms. The molecule has 0 saturated heterocycles. The fraction of sp³-hybridized carbons (Fsp3) is 0.200. The van der Waals surface area contributed by atoms with E-state index in [4.69, 9.17) is 4.74 Å². The molecule has 0 unspecified atom stereocenters. The number of ketones is 1. The molecule has 0 saturated carbocycles. The molecule has 0 aliphatic rings. The number of phenolic OH excluding ortho intramolecular Hbond substituents is 2. The summed E-state index contributed by atoms with van der Waals surface area (Å²) in [6, 6.07) is 7.37. The highest BCUT2D eigenvalue weighted by Crippen LogP contribution is 2.34. The van der Waals surface area contributed by atoms with E-state index in [1.54, 1.807) is 13.0 Å². The maximum absolute atomic E-state index is 12.8. The van der Waals surface area contributed by atoms with E-state index < -0.39 is 5.78 Å². The Morgan fingerprint density at radius 2 is 1.88 bits per heavy atom. The van der Waals surface area contributed by atoms with Crippen LogP contribution in [0.4, 0.5) is 0 Å². The number of rotatable bonds is 6. The van der Waals surface area contributed by atoms with Gasteiger partial charge in [0.05, 0.1) is 11.1 Å². The molecule has 2 aromatic rings. The lowest BCUT2D eigenvalue weighted by Crippen LogP contribution is -2.07. The molecule has 0 heterocycles. The molecule has 0 spiro atoms. The van der Waals surface area contributed by atoms with Crippen molar-refractivity contribution in [3.8, 4) is 17.2 Å². The van der Waals surface area contributed by atoms with Gasteiger partial charge in [-0.25, -0.2) is 0 Å². The molecule has 0 bridgehead atoms. The molecule has 5 nitrogen and oxygen atoms in total. The maximum atomic E-state index is 12.8. The van der Waals surface area contributed by atoms with Crippen LogP contribution < -0.4 is 4.74 Å². The van der Waals surface area contributed by atoms with Gasteiger partial charge in [0.25, 0.3) is 0 Å². The van der Waals surface area contributed by atoms with Crippen LogP contribution in [-0.2, 0) is 0 Å². The number of aryl methyl sites for hydroxylation is 1. The number of aldehydes is 1. The Labute approximate surface area is 146 Å². The van der Waals surface area contributed by atoms with Crippen molar-refractivity contribution >= 4 is 12.1 Å². The number of carbonyl (C=O) groups is 2. The van der Waals surface area contributed by atoms with Crippen molar-refractivity contribution in [1.82, 2.24) is 0 Å². The highest BCUT2D eigenvalue weighted by molar-refractivity contribution is 6.15. The number of phenols is 2. The lowest BCUT2D eigenvalue weighted by molar-refractivity contribution is 0.102. The third kappa shape index (κ3) is 4.07. The number of benzene rings is 2. The van der Waals surface area contributed by atoms with Gasteiger partial charge in [0.15, 0.2) is 23.6 Å². The topological polar surface area (TPSA) is 83.8 Å². The predicted molar refractivity (Wildman–Crippen MR) is 94.7 cm³/mol. The van der Waals surface area contributed by atoms with E-state index in [0.29, 0.717) is 6.29 Å². The number of hydrogen-bond acceptors (Lipinski definition) is 5. The van der Waals surface area contributed by atoms with Crippen LogP contribution in [0, 0.1) is 6.92 Å². The summed E-state index contributed by atoms with van der Waals surface area (Å²) < 4.78 is 5.54. The zero-order valence-electron chi connectivity index (χ0n) is 14.4. The zero-order chi connectivity index (χ0) is 18.6. The average Bonchev–Trinajstić information content (AvgIpc) is 2.56. The number of aromatic hydroxyl groups is 2. The summed E-state index contributed by atoms with van der Waals surface area (Å²) in [6.07, 6.45) is 2.27. The van der Waals surface area contributed by atoms with E-state index >= 15 is 0 Å². The third-order valence-electron chi connectivity index (χ3n) is 3.64. The quantitative estimate of drug-likeness (QED) is 0.475. The van der Waals surface area contributed by atoms with Crippen molar-refractivity contribution in [2.75, 3.05) is 6.61 Å². The van der Waals surface area contributed by atoms with Crippen LogP contribution in [0.1, 0.15) is 45.7 Å². The highest BCUT2D eigenvalue weighted by Gasteiger charge is 2.21.